The summed E-state index contributed by atoms with van der Waals surface area (Å²) in [5.74, 6) is -1.49. The van der Waals surface area contributed by atoms with Crippen molar-refractivity contribution in [2.24, 2.45) is 0 Å². The van der Waals surface area contributed by atoms with Crippen molar-refractivity contribution in [3.8, 4) is 0 Å². The highest BCUT2D eigenvalue weighted by Gasteiger charge is 2.11. The lowest BCUT2D eigenvalue weighted by Crippen LogP contribution is -2.13. The summed E-state index contributed by atoms with van der Waals surface area (Å²) in [5.41, 5.74) is 2.29. The molecule has 0 atom stereocenters. The molecule has 0 bridgehead atoms. The molecular formula is C19H16F2N4O. The van der Waals surface area contributed by atoms with E-state index < -0.39 is 17.5 Å². The molecule has 1 heterocycles. The second-order valence-corrected chi connectivity index (χ2v) is 5.76. The molecule has 2 aromatic carbocycles. The second-order valence-electron chi connectivity index (χ2n) is 5.76. The van der Waals surface area contributed by atoms with Gasteiger partial charge in [0.25, 0.3) is 5.91 Å². The van der Waals surface area contributed by atoms with Gasteiger partial charge in [0, 0.05) is 28.7 Å². The van der Waals surface area contributed by atoms with E-state index in [1.54, 1.807) is 24.3 Å². The van der Waals surface area contributed by atoms with Crippen molar-refractivity contribution in [2.45, 2.75) is 13.8 Å². The number of carbonyl (C=O) groups excluding carboxylic acids is 1. The maximum atomic E-state index is 13.7. The monoisotopic (exact) mass is 354 g/mol. The van der Waals surface area contributed by atoms with Crippen LogP contribution in [0.3, 0.4) is 0 Å². The molecule has 0 fully saturated rings. The maximum Gasteiger partial charge on any atom is 0.255 e. The Kier molecular flexibility index (Phi) is 4.88. The third kappa shape index (κ3) is 4.18. The first kappa shape index (κ1) is 17.5. The molecule has 0 aliphatic heterocycles. The fourth-order valence-corrected chi connectivity index (χ4v) is 2.44. The number of halogens is 2. The van der Waals surface area contributed by atoms with Gasteiger partial charge in [0.15, 0.2) is 0 Å². The molecular weight excluding hydrogens is 338 g/mol. The average Bonchev–Trinajstić information content (AvgIpc) is 2.57. The average molecular weight is 354 g/mol. The topological polar surface area (TPSA) is 66.9 Å². The standard InChI is InChI=1S/C19H16F2N4O/c1-11-8-12(2)23-19(22-11)24-15-5-3-4-13(9-15)18(26)25-17-10-14(20)6-7-16(17)21/h3-10H,1-2H3,(H,25,26)(H,22,23,24). The van der Waals surface area contributed by atoms with Crippen molar-refractivity contribution in [1.82, 2.24) is 9.97 Å². The van der Waals surface area contributed by atoms with Crippen LogP contribution in [0.2, 0.25) is 0 Å². The molecule has 3 rings (SSSR count). The van der Waals surface area contributed by atoms with E-state index in [0.717, 1.165) is 29.6 Å². The predicted molar refractivity (Wildman–Crippen MR) is 95.5 cm³/mol. The summed E-state index contributed by atoms with van der Waals surface area (Å²) in [5, 5.41) is 5.39. The molecule has 0 saturated heterocycles. The van der Waals surface area contributed by atoms with E-state index in [9.17, 15) is 13.6 Å². The predicted octanol–water partition coefficient (Wildman–Crippen LogP) is 4.37. The lowest BCUT2D eigenvalue weighted by molar-refractivity contribution is 0.102. The Morgan fingerprint density at radius 3 is 2.42 bits per heavy atom. The number of hydrogen-bond acceptors (Lipinski definition) is 4. The first-order valence-electron chi connectivity index (χ1n) is 7.86. The van der Waals surface area contributed by atoms with Gasteiger partial charge in [0.05, 0.1) is 5.69 Å². The van der Waals surface area contributed by atoms with E-state index in [-0.39, 0.29) is 11.3 Å². The fourth-order valence-electron chi connectivity index (χ4n) is 2.44. The molecule has 3 aromatic rings. The van der Waals surface area contributed by atoms with Crippen LogP contribution in [0.5, 0.6) is 0 Å². The van der Waals surface area contributed by atoms with Crippen LogP contribution in [0.1, 0.15) is 21.7 Å². The molecule has 0 aliphatic rings. The summed E-state index contributed by atoms with van der Waals surface area (Å²) in [6.45, 7) is 3.72. The highest BCUT2D eigenvalue weighted by Crippen LogP contribution is 2.19. The Morgan fingerprint density at radius 2 is 1.69 bits per heavy atom. The number of hydrogen-bond donors (Lipinski definition) is 2. The Hall–Kier alpha value is -3.35. The smallest absolute Gasteiger partial charge is 0.255 e. The molecule has 0 spiro atoms. The Bertz CT molecular complexity index is 955. The molecule has 1 aromatic heterocycles. The minimum Gasteiger partial charge on any atom is -0.324 e. The van der Waals surface area contributed by atoms with Crippen molar-refractivity contribution in [1.29, 1.82) is 0 Å². The highest BCUT2D eigenvalue weighted by molar-refractivity contribution is 6.04. The van der Waals surface area contributed by atoms with Crippen LogP contribution in [0.4, 0.5) is 26.1 Å². The molecule has 0 unspecified atom stereocenters. The first-order chi connectivity index (χ1) is 12.4. The largest absolute Gasteiger partial charge is 0.324 e. The minimum atomic E-state index is -0.710. The Labute approximate surface area is 149 Å². The zero-order chi connectivity index (χ0) is 18.7. The van der Waals surface area contributed by atoms with Crippen LogP contribution in [-0.4, -0.2) is 15.9 Å². The van der Waals surface area contributed by atoms with E-state index in [4.69, 9.17) is 0 Å². The molecule has 1 amide bonds. The van der Waals surface area contributed by atoms with Crippen LogP contribution >= 0.6 is 0 Å². The number of amides is 1. The summed E-state index contributed by atoms with van der Waals surface area (Å²) >= 11 is 0. The van der Waals surface area contributed by atoms with E-state index in [1.807, 2.05) is 19.9 Å². The number of carbonyl (C=O) groups is 1. The maximum absolute atomic E-state index is 13.7. The Balaban J connectivity index is 1.80. The highest BCUT2D eigenvalue weighted by atomic mass is 19.1. The van der Waals surface area contributed by atoms with Gasteiger partial charge in [-0.1, -0.05) is 6.07 Å². The summed E-state index contributed by atoms with van der Waals surface area (Å²) < 4.78 is 26.9. The van der Waals surface area contributed by atoms with E-state index in [0.29, 0.717) is 11.6 Å². The van der Waals surface area contributed by atoms with Gasteiger partial charge in [-0.25, -0.2) is 18.7 Å². The molecule has 7 heteroatoms. The van der Waals surface area contributed by atoms with Crippen molar-refractivity contribution in [3.05, 3.63) is 77.1 Å². The first-order valence-corrected chi connectivity index (χ1v) is 7.86. The SMILES string of the molecule is Cc1cc(C)nc(Nc2cccc(C(=O)Nc3cc(F)ccc3F)c2)n1. The van der Waals surface area contributed by atoms with Crippen LogP contribution in [0.15, 0.2) is 48.5 Å². The summed E-state index contributed by atoms with van der Waals surface area (Å²) in [4.78, 5) is 20.9. The van der Waals surface area contributed by atoms with Gasteiger partial charge in [0.2, 0.25) is 5.95 Å². The second kappa shape index (κ2) is 7.26. The minimum absolute atomic E-state index is 0.217. The van der Waals surface area contributed by atoms with Gasteiger partial charge < -0.3 is 10.6 Å². The zero-order valence-corrected chi connectivity index (χ0v) is 14.2. The number of rotatable bonds is 4. The van der Waals surface area contributed by atoms with Crippen molar-refractivity contribution < 1.29 is 13.6 Å². The third-order valence-corrected chi connectivity index (χ3v) is 3.54. The van der Waals surface area contributed by atoms with E-state index in [1.165, 1.54) is 0 Å². The molecule has 0 radical (unpaired) electrons. The van der Waals surface area contributed by atoms with Crippen molar-refractivity contribution in [3.63, 3.8) is 0 Å². The summed E-state index contributed by atoms with van der Waals surface area (Å²) in [6.07, 6.45) is 0. The molecule has 26 heavy (non-hydrogen) atoms. The van der Waals surface area contributed by atoms with Gasteiger partial charge in [-0.15, -0.1) is 0 Å². The number of benzene rings is 2. The van der Waals surface area contributed by atoms with Gasteiger partial charge in [-0.05, 0) is 50.2 Å². The normalized spacial score (nSPS) is 10.5. The van der Waals surface area contributed by atoms with Crippen molar-refractivity contribution in [2.75, 3.05) is 10.6 Å². The van der Waals surface area contributed by atoms with E-state index in [2.05, 4.69) is 20.6 Å². The van der Waals surface area contributed by atoms with Gasteiger partial charge in [0.1, 0.15) is 11.6 Å². The molecule has 5 nitrogen and oxygen atoms in total. The third-order valence-electron chi connectivity index (χ3n) is 3.54. The number of aryl methyl sites for hydroxylation is 2. The fraction of sp³-hybridized carbons (Fsp3) is 0.105. The lowest BCUT2D eigenvalue weighted by atomic mass is 10.2. The number of nitrogens with zero attached hydrogens (tertiary/aromatic N) is 2. The summed E-state index contributed by atoms with van der Waals surface area (Å²) in [7, 11) is 0. The number of aromatic nitrogens is 2. The van der Waals surface area contributed by atoms with Crippen LogP contribution in [0, 0.1) is 25.5 Å². The number of anilines is 3. The molecule has 2 N–H and O–H groups in total. The Morgan fingerprint density at radius 1 is 0.962 bits per heavy atom. The molecule has 0 aliphatic carbocycles. The van der Waals surface area contributed by atoms with Crippen LogP contribution in [0.25, 0.3) is 0 Å². The van der Waals surface area contributed by atoms with Crippen molar-refractivity contribution >= 4 is 23.2 Å². The quantitative estimate of drug-likeness (QED) is 0.730. The van der Waals surface area contributed by atoms with E-state index >= 15 is 0 Å². The van der Waals surface area contributed by atoms with Crippen LogP contribution < -0.4 is 10.6 Å². The summed E-state index contributed by atoms with van der Waals surface area (Å²) in [6, 6.07) is 11.3. The van der Waals surface area contributed by atoms with Gasteiger partial charge in [-0.3, -0.25) is 4.79 Å². The van der Waals surface area contributed by atoms with Gasteiger partial charge >= 0.3 is 0 Å². The number of nitrogens with one attached hydrogen (secondary N) is 2. The lowest BCUT2D eigenvalue weighted by Gasteiger charge is -2.10. The zero-order valence-electron chi connectivity index (χ0n) is 14.2. The van der Waals surface area contributed by atoms with Gasteiger partial charge in [-0.2, -0.15) is 0 Å². The van der Waals surface area contributed by atoms with Crippen LogP contribution in [-0.2, 0) is 0 Å². The molecule has 0 saturated carbocycles. The molecule has 132 valence electrons.